The second-order valence-electron chi connectivity index (χ2n) is 5.57. The summed E-state index contributed by atoms with van der Waals surface area (Å²) in [6.45, 7) is 1.73. The zero-order chi connectivity index (χ0) is 18.8. The quantitative estimate of drug-likeness (QED) is 0.365. The van der Waals surface area contributed by atoms with E-state index in [0.717, 1.165) is 0 Å². The molecule has 26 heavy (non-hydrogen) atoms. The summed E-state index contributed by atoms with van der Waals surface area (Å²) < 4.78 is 10.7. The number of benzene rings is 1. The molecule has 8 nitrogen and oxygen atoms in total. The van der Waals surface area contributed by atoms with Crippen molar-refractivity contribution in [2.24, 2.45) is 0 Å². The van der Waals surface area contributed by atoms with E-state index >= 15 is 0 Å². The lowest BCUT2D eigenvalue weighted by atomic mass is 10.0. The van der Waals surface area contributed by atoms with Crippen LogP contribution in [0.1, 0.15) is 18.7 Å². The Kier molecular flexibility index (Phi) is 4.72. The van der Waals surface area contributed by atoms with Gasteiger partial charge in [-0.05, 0) is 43.4 Å². The number of non-ortho nitro benzene ring substituents is 1. The van der Waals surface area contributed by atoms with Crippen LogP contribution >= 0.6 is 12.2 Å². The average Bonchev–Trinajstić information content (AvgIpc) is 3.10. The molecule has 0 spiro atoms. The lowest BCUT2D eigenvalue weighted by Crippen LogP contribution is -2.44. The van der Waals surface area contributed by atoms with Gasteiger partial charge in [0.05, 0.1) is 17.6 Å². The first-order chi connectivity index (χ1) is 12.4. The number of ether oxygens (including phenoxy) is 1. The molecule has 0 unspecified atom stereocenters. The molecule has 0 bridgehead atoms. The zero-order valence-electron chi connectivity index (χ0n) is 13.9. The molecule has 1 atom stereocenters. The first kappa shape index (κ1) is 17.6. The van der Waals surface area contributed by atoms with Crippen LogP contribution in [0, 0.1) is 10.1 Å². The molecule has 0 aliphatic carbocycles. The maximum absolute atomic E-state index is 12.1. The summed E-state index contributed by atoms with van der Waals surface area (Å²) in [6, 6.07) is 8.86. The van der Waals surface area contributed by atoms with Gasteiger partial charge in [0, 0.05) is 23.4 Å². The first-order valence-corrected chi connectivity index (χ1v) is 8.02. The summed E-state index contributed by atoms with van der Waals surface area (Å²) in [5.41, 5.74) is 1.63. The van der Waals surface area contributed by atoms with E-state index in [-0.39, 0.29) is 5.69 Å². The third kappa shape index (κ3) is 3.29. The molecule has 134 valence electrons. The number of nitro benzene ring substituents is 1. The van der Waals surface area contributed by atoms with Gasteiger partial charge in [-0.3, -0.25) is 10.1 Å². The number of allylic oxidation sites excluding steroid dienone is 1. The molecule has 2 aromatic rings. The predicted octanol–water partition coefficient (Wildman–Crippen LogP) is 2.82. The smallest absolute Gasteiger partial charge is 0.338 e. The Bertz CT molecular complexity index is 917. The monoisotopic (exact) mass is 373 g/mol. The fraction of sp³-hybridized carbons (Fsp3) is 0.176. The van der Waals surface area contributed by atoms with Gasteiger partial charge in [0.1, 0.15) is 17.6 Å². The van der Waals surface area contributed by atoms with Gasteiger partial charge in [-0.2, -0.15) is 0 Å². The maximum Gasteiger partial charge on any atom is 0.338 e. The molecule has 9 heteroatoms. The van der Waals surface area contributed by atoms with Crippen molar-refractivity contribution >= 4 is 29.0 Å². The second kappa shape index (κ2) is 6.96. The molecule has 1 aliphatic heterocycles. The van der Waals surface area contributed by atoms with E-state index in [1.807, 2.05) is 0 Å². The summed E-state index contributed by atoms with van der Waals surface area (Å²) in [4.78, 5) is 22.4. The number of carbonyl (C=O) groups is 1. The van der Waals surface area contributed by atoms with Crippen molar-refractivity contribution in [3.05, 3.63) is 63.5 Å². The van der Waals surface area contributed by atoms with Gasteiger partial charge >= 0.3 is 5.97 Å². The van der Waals surface area contributed by atoms with Crippen LogP contribution in [0.25, 0.3) is 11.3 Å². The van der Waals surface area contributed by atoms with E-state index in [2.05, 4.69) is 10.6 Å². The van der Waals surface area contributed by atoms with Crippen LogP contribution in [0.2, 0.25) is 0 Å². The number of nitrogens with one attached hydrogen (secondary N) is 2. The number of furan rings is 1. The topological polar surface area (TPSA) is 107 Å². The van der Waals surface area contributed by atoms with Crippen molar-refractivity contribution in [1.82, 2.24) is 10.6 Å². The normalized spacial score (nSPS) is 16.7. The summed E-state index contributed by atoms with van der Waals surface area (Å²) in [6.07, 6.45) is 0. The van der Waals surface area contributed by atoms with Crippen LogP contribution in [0.5, 0.6) is 0 Å². The summed E-state index contributed by atoms with van der Waals surface area (Å²) >= 11 is 5.16. The standard InChI is InChI=1S/C17H15N3O5S/c1-9-14(16(21)24-2)15(19-17(26)18-9)13-8-7-12(25-13)10-3-5-11(6-4-10)20(22)23/h3-8,15H,1-2H3,(H2,18,19,26)/t15-/m1/s1. The number of hydrogen-bond donors (Lipinski definition) is 2. The number of nitrogens with zero attached hydrogens (tertiary/aromatic N) is 1. The highest BCUT2D eigenvalue weighted by Crippen LogP contribution is 2.32. The van der Waals surface area contributed by atoms with Gasteiger partial charge < -0.3 is 19.8 Å². The number of hydrogen-bond acceptors (Lipinski definition) is 6. The molecule has 2 N–H and O–H groups in total. The fourth-order valence-corrected chi connectivity index (χ4v) is 2.97. The number of methoxy groups -OCH3 is 1. The highest BCUT2D eigenvalue weighted by Gasteiger charge is 2.32. The van der Waals surface area contributed by atoms with Crippen LogP contribution in [0.15, 0.2) is 52.1 Å². The van der Waals surface area contributed by atoms with Crippen LogP contribution in [-0.4, -0.2) is 23.1 Å². The first-order valence-electron chi connectivity index (χ1n) is 7.62. The van der Waals surface area contributed by atoms with Gasteiger partial charge in [0.25, 0.3) is 5.69 Å². The molecule has 0 saturated heterocycles. The Morgan fingerprint density at radius 3 is 2.58 bits per heavy atom. The highest BCUT2D eigenvalue weighted by atomic mass is 32.1. The van der Waals surface area contributed by atoms with E-state index in [1.54, 1.807) is 31.2 Å². The van der Waals surface area contributed by atoms with Crippen LogP contribution in [-0.2, 0) is 9.53 Å². The van der Waals surface area contributed by atoms with Crippen molar-refractivity contribution in [3.8, 4) is 11.3 Å². The highest BCUT2D eigenvalue weighted by molar-refractivity contribution is 7.80. The van der Waals surface area contributed by atoms with Gasteiger partial charge in [-0.1, -0.05) is 0 Å². The molecule has 1 aromatic heterocycles. The van der Waals surface area contributed by atoms with Gasteiger partial charge in [0.15, 0.2) is 5.11 Å². The van der Waals surface area contributed by atoms with Crippen LogP contribution in [0.3, 0.4) is 0 Å². The van der Waals surface area contributed by atoms with Crippen LogP contribution < -0.4 is 10.6 Å². The third-order valence-electron chi connectivity index (χ3n) is 3.95. The molecular formula is C17H15N3O5S. The van der Waals surface area contributed by atoms with E-state index in [9.17, 15) is 14.9 Å². The molecule has 3 rings (SSSR count). The zero-order valence-corrected chi connectivity index (χ0v) is 14.8. The Morgan fingerprint density at radius 2 is 1.96 bits per heavy atom. The van der Waals surface area contributed by atoms with E-state index < -0.39 is 16.9 Å². The fourth-order valence-electron chi connectivity index (χ4n) is 2.70. The number of rotatable bonds is 4. The average molecular weight is 373 g/mol. The summed E-state index contributed by atoms with van der Waals surface area (Å²) in [7, 11) is 1.30. The SMILES string of the molecule is COC(=O)C1=C(C)NC(=S)N[C@@H]1c1ccc(-c2ccc([N+](=O)[O-])cc2)o1. The minimum Gasteiger partial charge on any atom is -0.466 e. The van der Waals surface area contributed by atoms with E-state index in [0.29, 0.717) is 33.5 Å². The summed E-state index contributed by atoms with van der Waals surface area (Å²) in [5.74, 6) is 0.494. The van der Waals surface area contributed by atoms with Crippen LogP contribution in [0.4, 0.5) is 5.69 Å². The Balaban J connectivity index is 1.95. The van der Waals surface area contributed by atoms with Gasteiger partial charge in [0.2, 0.25) is 0 Å². The molecule has 0 fully saturated rings. The van der Waals surface area contributed by atoms with Crippen molar-refractivity contribution in [2.75, 3.05) is 7.11 Å². The summed E-state index contributed by atoms with van der Waals surface area (Å²) in [5, 5.41) is 17.0. The molecule has 1 aliphatic rings. The minimum absolute atomic E-state index is 0.00237. The second-order valence-corrected chi connectivity index (χ2v) is 5.98. The van der Waals surface area contributed by atoms with Crippen molar-refractivity contribution in [2.45, 2.75) is 13.0 Å². The maximum atomic E-state index is 12.1. The number of esters is 1. The van der Waals surface area contributed by atoms with Gasteiger partial charge in [-0.25, -0.2) is 4.79 Å². The Labute approximate surface area is 154 Å². The van der Waals surface area contributed by atoms with E-state index in [1.165, 1.54) is 19.2 Å². The Hall–Kier alpha value is -3.20. The lowest BCUT2D eigenvalue weighted by molar-refractivity contribution is -0.384. The van der Waals surface area contributed by atoms with Crippen molar-refractivity contribution in [3.63, 3.8) is 0 Å². The largest absolute Gasteiger partial charge is 0.466 e. The molecule has 2 heterocycles. The molecule has 0 radical (unpaired) electrons. The number of nitro groups is 1. The van der Waals surface area contributed by atoms with Crippen molar-refractivity contribution < 1.29 is 18.9 Å². The molecule has 1 aromatic carbocycles. The lowest BCUT2D eigenvalue weighted by Gasteiger charge is -2.27. The third-order valence-corrected chi connectivity index (χ3v) is 4.17. The Morgan fingerprint density at radius 1 is 1.27 bits per heavy atom. The van der Waals surface area contributed by atoms with Crippen molar-refractivity contribution in [1.29, 1.82) is 0 Å². The molecular weight excluding hydrogens is 358 g/mol. The number of thiocarbonyl (C=S) groups is 1. The molecule has 0 saturated carbocycles. The minimum atomic E-state index is -0.594. The van der Waals surface area contributed by atoms with E-state index in [4.69, 9.17) is 21.4 Å². The number of carbonyl (C=O) groups excluding carboxylic acids is 1. The predicted molar refractivity (Wildman–Crippen MR) is 97.1 cm³/mol. The molecule has 0 amide bonds. The van der Waals surface area contributed by atoms with Gasteiger partial charge in [-0.15, -0.1) is 0 Å².